The molecule has 2 aromatic rings. The van der Waals surface area contributed by atoms with E-state index >= 15 is 0 Å². The van der Waals surface area contributed by atoms with Crippen molar-refractivity contribution < 1.29 is 13.2 Å². The van der Waals surface area contributed by atoms with E-state index in [1.807, 2.05) is 0 Å². The van der Waals surface area contributed by atoms with Crippen molar-refractivity contribution in [2.24, 2.45) is 5.73 Å². The van der Waals surface area contributed by atoms with Gasteiger partial charge in [0, 0.05) is 49.5 Å². The van der Waals surface area contributed by atoms with E-state index in [1.54, 1.807) is 6.20 Å². The lowest BCUT2D eigenvalue weighted by molar-refractivity contribution is -0.137. The average Bonchev–Trinajstić information content (AvgIpc) is 3.38. The van der Waals surface area contributed by atoms with Gasteiger partial charge in [0.25, 0.3) is 0 Å². The summed E-state index contributed by atoms with van der Waals surface area (Å²) in [4.78, 5) is 11.2. The van der Waals surface area contributed by atoms with Gasteiger partial charge in [0.1, 0.15) is 5.82 Å². The Labute approximate surface area is 171 Å². The van der Waals surface area contributed by atoms with Crippen LogP contribution < -0.4 is 16.0 Å². The van der Waals surface area contributed by atoms with E-state index in [1.165, 1.54) is 12.1 Å². The van der Waals surface area contributed by atoms with Gasteiger partial charge in [-0.3, -0.25) is 0 Å². The topological polar surface area (TPSA) is 67.1 Å². The van der Waals surface area contributed by atoms with Crippen molar-refractivity contribution in [3.63, 3.8) is 0 Å². The fourth-order valence-corrected chi connectivity index (χ4v) is 4.10. The molecule has 0 saturated carbocycles. The van der Waals surface area contributed by atoms with Crippen LogP contribution in [0.2, 0.25) is 5.02 Å². The summed E-state index contributed by atoms with van der Waals surface area (Å²) >= 11 is 5.76. The number of nitrogens with one attached hydrogen (secondary N) is 1. The number of anilines is 1. The molecule has 0 spiro atoms. The number of nitrogens with zero attached hydrogens (tertiary/aromatic N) is 3. The molecular weight excluding hydrogens is 403 g/mol. The lowest BCUT2D eigenvalue weighted by Gasteiger charge is -2.27. The van der Waals surface area contributed by atoms with Crippen molar-refractivity contribution in [1.29, 1.82) is 0 Å². The molecule has 0 unspecified atom stereocenters. The summed E-state index contributed by atoms with van der Waals surface area (Å²) < 4.78 is 39.8. The molecule has 3 N–H and O–H groups in total. The van der Waals surface area contributed by atoms with Crippen LogP contribution in [-0.4, -0.2) is 42.2 Å². The smallest absolute Gasteiger partial charge is 0.352 e. The fraction of sp³-hybridized carbons (Fsp3) is 0.400. The van der Waals surface area contributed by atoms with Crippen LogP contribution in [-0.2, 0) is 6.18 Å². The Bertz CT molecular complexity index is 944. The van der Waals surface area contributed by atoms with Crippen molar-refractivity contribution in [1.82, 2.24) is 15.3 Å². The second-order valence-electron chi connectivity index (χ2n) is 7.21. The lowest BCUT2D eigenvalue weighted by Crippen LogP contribution is -2.36. The van der Waals surface area contributed by atoms with Crippen LogP contribution in [0.25, 0.3) is 17.0 Å². The largest absolute Gasteiger partial charge is 0.417 e. The van der Waals surface area contributed by atoms with Gasteiger partial charge < -0.3 is 16.0 Å². The van der Waals surface area contributed by atoms with E-state index in [9.17, 15) is 13.2 Å². The molecule has 1 atom stereocenters. The zero-order valence-electron chi connectivity index (χ0n) is 15.6. The molecule has 0 bridgehead atoms. The molecule has 3 heterocycles. The van der Waals surface area contributed by atoms with Crippen LogP contribution in [0.4, 0.5) is 19.0 Å². The molecule has 29 heavy (non-hydrogen) atoms. The molecule has 0 aliphatic carbocycles. The third kappa shape index (κ3) is 3.97. The van der Waals surface area contributed by atoms with Gasteiger partial charge >= 0.3 is 6.18 Å². The molecule has 9 heteroatoms. The summed E-state index contributed by atoms with van der Waals surface area (Å²) in [5.41, 5.74) is 7.30. The zero-order chi connectivity index (χ0) is 20.6. The highest BCUT2D eigenvalue weighted by Crippen LogP contribution is 2.38. The summed E-state index contributed by atoms with van der Waals surface area (Å²) in [6.07, 6.45) is 1.20. The van der Waals surface area contributed by atoms with Crippen molar-refractivity contribution in [2.45, 2.75) is 25.1 Å². The minimum Gasteiger partial charge on any atom is -0.352 e. The van der Waals surface area contributed by atoms with Crippen LogP contribution in [0.5, 0.6) is 0 Å². The highest BCUT2D eigenvalue weighted by molar-refractivity contribution is 6.31. The van der Waals surface area contributed by atoms with Crippen LogP contribution in [0.15, 0.2) is 30.5 Å². The second-order valence-corrected chi connectivity index (χ2v) is 7.62. The monoisotopic (exact) mass is 423 g/mol. The van der Waals surface area contributed by atoms with E-state index in [0.717, 1.165) is 49.0 Å². The Balaban J connectivity index is 1.81. The van der Waals surface area contributed by atoms with Gasteiger partial charge in [0.2, 0.25) is 0 Å². The zero-order valence-corrected chi connectivity index (χ0v) is 16.4. The number of alkyl halides is 3. The van der Waals surface area contributed by atoms with E-state index in [-0.39, 0.29) is 22.5 Å². The molecule has 1 fully saturated rings. The minimum atomic E-state index is -4.55. The molecule has 1 aromatic carbocycles. The van der Waals surface area contributed by atoms with Gasteiger partial charge in [-0.2, -0.15) is 13.2 Å². The Kier molecular flexibility index (Phi) is 5.50. The van der Waals surface area contributed by atoms with Crippen LogP contribution in [0.1, 0.15) is 24.0 Å². The van der Waals surface area contributed by atoms with Crippen molar-refractivity contribution in [2.75, 3.05) is 31.1 Å². The second kappa shape index (κ2) is 7.93. The molecule has 2 aliphatic heterocycles. The quantitative estimate of drug-likeness (QED) is 0.784. The van der Waals surface area contributed by atoms with Gasteiger partial charge in [0.05, 0.1) is 10.6 Å². The Morgan fingerprint density at radius 2 is 2.14 bits per heavy atom. The maximum atomic E-state index is 13.3. The number of rotatable bonds is 4. The van der Waals surface area contributed by atoms with E-state index in [2.05, 4.69) is 21.3 Å². The maximum Gasteiger partial charge on any atom is 0.417 e. The van der Waals surface area contributed by atoms with Gasteiger partial charge in [-0.1, -0.05) is 17.7 Å². The van der Waals surface area contributed by atoms with Gasteiger partial charge in [-0.25, -0.2) is 9.97 Å². The fourth-order valence-electron chi connectivity index (χ4n) is 3.88. The first-order chi connectivity index (χ1) is 13.9. The van der Waals surface area contributed by atoms with E-state index < -0.39 is 11.7 Å². The molecule has 4 rings (SSSR count). The highest BCUT2D eigenvalue weighted by atomic mass is 35.5. The van der Waals surface area contributed by atoms with Gasteiger partial charge in [0.15, 0.2) is 5.82 Å². The predicted molar refractivity (Wildman–Crippen MR) is 108 cm³/mol. The summed E-state index contributed by atoms with van der Waals surface area (Å²) in [7, 11) is 0. The third-order valence-corrected chi connectivity index (χ3v) is 5.70. The number of nitrogens with two attached hydrogens (primary N) is 1. The van der Waals surface area contributed by atoms with Crippen molar-refractivity contribution in [3.8, 4) is 11.4 Å². The van der Waals surface area contributed by atoms with Crippen molar-refractivity contribution in [3.05, 3.63) is 46.6 Å². The Hall–Kier alpha value is -2.16. The first-order valence-corrected chi connectivity index (χ1v) is 9.87. The normalized spacial score (nSPS) is 19.7. The summed E-state index contributed by atoms with van der Waals surface area (Å²) in [5.74, 6) is 0.960. The van der Waals surface area contributed by atoms with E-state index in [4.69, 9.17) is 22.3 Å². The summed E-state index contributed by atoms with van der Waals surface area (Å²) in [5, 5.41) is 2.91. The number of aromatic nitrogens is 2. The molecule has 154 valence electrons. The number of hydrogen-bond donors (Lipinski definition) is 2. The molecular formula is C20H21ClF3N5. The van der Waals surface area contributed by atoms with Crippen LogP contribution >= 0.6 is 11.6 Å². The Morgan fingerprint density at radius 1 is 1.31 bits per heavy atom. The molecule has 1 saturated heterocycles. The molecule has 5 nitrogen and oxygen atoms in total. The van der Waals surface area contributed by atoms with Crippen LogP contribution in [0.3, 0.4) is 0 Å². The van der Waals surface area contributed by atoms with E-state index in [0.29, 0.717) is 13.1 Å². The standard InChI is InChI=1S/C20H21ClF3N5/c21-17-4-3-12(8-16(17)20(22,23)24)18-27-11-15(13-5-6-26-10-13)19(28-18)29-7-1-2-14(29)9-25/h3-5,8,11,14,26H,1-2,6-7,9-10,25H2/t14-/m1/s1. The molecule has 0 amide bonds. The third-order valence-electron chi connectivity index (χ3n) is 5.37. The summed E-state index contributed by atoms with van der Waals surface area (Å²) in [6, 6.07) is 3.90. The SMILES string of the molecule is NC[C@H]1CCCN1c1nc(-c2ccc(Cl)c(C(F)(F)F)c2)ncc1C1=CCNC1. The average molecular weight is 424 g/mol. The molecule has 1 aromatic heterocycles. The first-order valence-electron chi connectivity index (χ1n) is 9.49. The van der Waals surface area contributed by atoms with Gasteiger partial charge in [-0.05, 0) is 36.6 Å². The molecule has 2 aliphatic rings. The van der Waals surface area contributed by atoms with Gasteiger partial charge in [-0.15, -0.1) is 0 Å². The summed E-state index contributed by atoms with van der Waals surface area (Å²) in [6.45, 7) is 2.77. The number of halogens is 4. The molecule has 0 radical (unpaired) electrons. The predicted octanol–water partition coefficient (Wildman–Crippen LogP) is 3.73. The van der Waals surface area contributed by atoms with Crippen molar-refractivity contribution >= 4 is 23.0 Å². The number of hydrogen-bond acceptors (Lipinski definition) is 5. The van der Waals surface area contributed by atoms with Crippen LogP contribution in [0, 0.1) is 0 Å². The first kappa shape index (κ1) is 20.1. The maximum absolute atomic E-state index is 13.3. The Morgan fingerprint density at radius 3 is 2.83 bits per heavy atom. The lowest BCUT2D eigenvalue weighted by atomic mass is 10.1. The number of benzene rings is 1. The highest BCUT2D eigenvalue weighted by Gasteiger charge is 2.34. The minimum absolute atomic E-state index is 0.155.